The van der Waals surface area contributed by atoms with Gasteiger partial charge in [0.05, 0.1) is 11.8 Å². The second kappa shape index (κ2) is 4.36. The quantitative estimate of drug-likeness (QED) is 0.701. The van der Waals surface area contributed by atoms with Crippen molar-refractivity contribution in [2.24, 2.45) is 0 Å². The number of carbonyl (C=O) groups excluding carboxylic acids is 1. The van der Waals surface area contributed by atoms with Gasteiger partial charge in [0.15, 0.2) is 0 Å². The van der Waals surface area contributed by atoms with Crippen molar-refractivity contribution in [1.82, 2.24) is 0 Å². The van der Waals surface area contributed by atoms with E-state index in [0.717, 1.165) is 0 Å². The molecule has 13 heavy (non-hydrogen) atoms. The summed E-state index contributed by atoms with van der Waals surface area (Å²) in [6.45, 7) is 6.34. The molecule has 1 N–H and O–H groups in total. The summed E-state index contributed by atoms with van der Waals surface area (Å²) in [5, 5.41) is -0.991. The predicted octanol–water partition coefficient (Wildman–Crippen LogP) is 1.97. The number of rotatable bonds is 5. The molecule has 0 saturated carbocycles. The average Bonchev–Trinajstić information content (AvgIpc) is 1.82. The molecule has 4 nitrogen and oxygen atoms in total. The minimum absolute atomic E-state index is 0.0563. The van der Waals surface area contributed by atoms with E-state index in [4.69, 9.17) is 4.52 Å². The molecule has 0 aromatic carbocycles. The van der Waals surface area contributed by atoms with E-state index in [-0.39, 0.29) is 18.8 Å². The van der Waals surface area contributed by atoms with Crippen LogP contribution in [0.25, 0.3) is 0 Å². The molecule has 0 radical (unpaired) electrons. The van der Waals surface area contributed by atoms with E-state index in [2.05, 4.69) is 0 Å². The molecular formula is C8H17O4P. The van der Waals surface area contributed by atoms with Crippen LogP contribution in [0.3, 0.4) is 0 Å². The molecule has 78 valence electrons. The molecule has 5 heteroatoms. The second-order valence-electron chi connectivity index (χ2n) is 3.63. The predicted molar refractivity (Wildman–Crippen MR) is 50.8 cm³/mol. The largest absolute Gasteiger partial charge is 0.334 e. The number of Topliss-reactive ketones (excluding diaryl/α,β-unsaturated/α-hetero) is 1. The van der Waals surface area contributed by atoms with Crippen molar-refractivity contribution < 1.29 is 18.8 Å². The zero-order valence-corrected chi connectivity index (χ0v) is 9.43. The third kappa shape index (κ3) is 3.59. The third-order valence-electron chi connectivity index (χ3n) is 1.75. The van der Waals surface area contributed by atoms with Crippen LogP contribution >= 0.6 is 7.60 Å². The first kappa shape index (κ1) is 12.8. The van der Waals surface area contributed by atoms with Crippen molar-refractivity contribution >= 4 is 13.4 Å². The van der Waals surface area contributed by atoms with Gasteiger partial charge in [-0.2, -0.15) is 0 Å². The maximum absolute atomic E-state index is 11.6. The van der Waals surface area contributed by atoms with Crippen LogP contribution in [0.4, 0.5) is 0 Å². The van der Waals surface area contributed by atoms with Gasteiger partial charge in [0, 0.05) is 6.42 Å². The summed E-state index contributed by atoms with van der Waals surface area (Å²) in [5.74, 6) is -0.112. The molecule has 1 unspecified atom stereocenters. The first-order valence-electron chi connectivity index (χ1n) is 4.20. The zero-order valence-electron chi connectivity index (χ0n) is 8.53. The van der Waals surface area contributed by atoms with Crippen LogP contribution in [0.1, 0.15) is 34.1 Å². The molecule has 0 saturated heterocycles. The SMILES string of the molecule is CCOP(=O)(O)C(C)(C)CC(C)=O. The van der Waals surface area contributed by atoms with Crippen LogP contribution in [0, 0.1) is 0 Å². The highest BCUT2D eigenvalue weighted by Crippen LogP contribution is 2.56. The molecular weight excluding hydrogens is 191 g/mol. The molecule has 0 fully saturated rings. The molecule has 0 aliphatic carbocycles. The van der Waals surface area contributed by atoms with Crippen molar-refractivity contribution in [1.29, 1.82) is 0 Å². The van der Waals surface area contributed by atoms with Gasteiger partial charge in [-0.05, 0) is 27.7 Å². The fraction of sp³-hybridized carbons (Fsp3) is 0.875. The number of hydrogen-bond acceptors (Lipinski definition) is 3. The van der Waals surface area contributed by atoms with E-state index >= 15 is 0 Å². The summed E-state index contributed by atoms with van der Waals surface area (Å²) < 4.78 is 16.3. The summed E-state index contributed by atoms with van der Waals surface area (Å²) in [4.78, 5) is 20.3. The Morgan fingerprint density at radius 2 is 2.00 bits per heavy atom. The number of ketones is 1. The highest BCUT2D eigenvalue weighted by Gasteiger charge is 2.41. The van der Waals surface area contributed by atoms with Crippen molar-refractivity contribution in [2.75, 3.05) is 6.61 Å². The Morgan fingerprint density at radius 1 is 1.54 bits per heavy atom. The Balaban J connectivity index is 4.60. The van der Waals surface area contributed by atoms with Crippen LogP contribution in [-0.4, -0.2) is 22.4 Å². The van der Waals surface area contributed by atoms with Crippen molar-refractivity contribution in [3.8, 4) is 0 Å². The van der Waals surface area contributed by atoms with Crippen LogP contribution < -0.4 is 0 Å². The van der Waals surface area contributed by atoms with Gasteiger partial charge in [0.1, 0.15) is 5.78 Å². The Morgan fingerprint density at radius 3 is 2.31 bits per heavy atom. The Hall–Kier alpha value is -0.180. The standard InChI is InChI=1S/C8H17O4P/c1-5-12-13(10,11)8(3,4)6-7(2)9/h5-6H2,1-4H3,(H,10,11). The molecule has 0 aliphatic rings. The maximum atomic E-state index is 11.6. The number of hydrogen-bond donors (Lipinski definition) is 1. The van der Waals surface area contributed by atoms with Crippen molar-refractivity contribution in [3.63, 3.8) is 0 Å². The van der Waals surface area contributed by atoms with Gasteiger partial charge < -0.3 is 9.42 Å². The highest BCUT2D eigenvalue weighted by molar-refractivity contribution is 7.54. The van der Waals surface area contributed by atoms with E-state index in [0.29, 0.717) is 0 Å². The monoisotopic (exact) mass is 208 g/mol. The van der Waals surface area contributed by atoms with Crippen LogP contribution in [0.2, 0.25) is 0 Å². The summed E-state index contributed by atoms with van der Waals surface area (Å²) in [6.07, 6.45) is 0.0563. The first-order chi connectivity index (χ1) is 5.73. The molecule has 0 heterocycles. The normalized spacial score (nSPS) is 16.7. The third-order valence-corrected chi connectivity index (χ3v) is 4.05. The molecule has 0 aromatic rings. The average molecular weight is 208 g/mol. The molecule has 0 amide bonds. The first-order valence-corrected chi connectivity index (χ1v) is 5.77. The molecule has 1 atom stereocenters. The lowest BCUT2D eigenvalue weighted by Crippen LogP contribution is -2.24. The maximum Gasteiger partial charge on any atom is 0.334 e. The van der Waals surface area contributed by atoms with Gasteiger partial charge in [0.2, 0.25) is 0 Å². The molecule has 0 spiro atoms. The van der Waals surface area contributed by atoms with Gasteiger partial charge >= 0.3 is 7.60 Å². The number of carbonyl (C=O) groups is 1. The van der Waals surface area contributed by atoms with Gasteiger partial charge in [-0.25, -0.2) is 0 Å². The lowest BCUT2D eigenvalue weighted by atomic mass is 10.1. The zero-order chi connectivity index (χ0) is 10.7. The van der Waals surface area contributed by atoms with Gasteiger partial charge in [-0.1, -0.05) is 0 Å². The molecule has 0 rings (SSSR count). The smallest absolute Gasteiger partial charge is 0.324 e. The second-order valence-corrected chi connectivity index (χ2v) is 6.14. The molecule has 0 aromatic heterocycles. The lowest BCUT2D eigenvalue weighted by Gasteiger charge is -2.27. The van der Waals surface area contributed by atoms with Crippen LogP contribution in [0.5, 0.6) is 0 Å². The molecule has 0 bridgehead atoms. The van der Waals surface area contributed by atoms with Gasteiger partial charge in [-0.15, -0.1) is 0 Å². The summed E-state index contributed by atoms with van der Waals surface area (Å²) in [6, 6.07) is 0. The van der Waals surface area contributed by atoms with E-state index in [1.807, 2.05) is 0 Å². The van der Waals surface area contributed by atoms with Crippen molar-refractivity contribution in [2.45, 2.75) is 39.3 Å². The minimum atomic E-state index is -3.67. The summed E-state index contributed by atoms with van der Waals surface area (Å²) in [5.41, 5.74) is 0. The Labute approximate surface area is 78.8 Å². The van der Waals surface area contributed by atoms with E-state index in [1.165, 1.54) is 6.92 Å². The topological polar surface area (TPSA) is 63.6 Å². The fourth-order valence-electron chi connectivity index (χ4n) is 1.06. The van der Waals surface area contributed by atoms with E-state index in [1.54, 1.807) is 20.8 Å². The van der Waals surface area contributed by atoms with E-state index < -0.39 is 12.8 Å². The summed E-state index contributed by atoms with van der Waals surface area (Å²) in [7, 11) is -3.67. The fourth-order valence-corrected chi connectivity index (χ4v) is 2.18. The van der Waals surface area contributed by atoms with Gasteiger partial charge in [-0.3, -0.25) is 9.36 Å². The van der Waals surface area contributed by atoms with Crippen LogP contribution in [-0.2, 0) is 13.9 Å². The summed E-state index contributed by atoms with van der Waals surface area (Å²) >= 11 is 0. The lowest BCUT2D eigenvalue weighted by molar-refractivity contribution is -0.117. The van der Waals surface area contributed by atoms with E-state index in [9.17, 15) is 14.3 Å². The van der Waals surface area contributed by atoms with Crippen LogP contribution in [0.15, 0.2) is 0 Å². The molecule has 0 aliphatic heterocycles. The Kier molecular flexibility index (Phi) is 4.30. The Bertz CT molecular complexity index is 234. The highest BCUT2D eigenvalue weighted by atomic mass is 31.2. The van der Waals surface area contributed by atoms with Gasteiger partial charge in [0.25, 0.3) is 0 Å². The minimum Gasteiger partial charge on any atom is -0.324 e. The van der Waals surface area contributed by atoms with Crippen molar-refractivity contribution in [3.05, 3.63) is 0 Å².